The topological polar surface area (TPSA) is 32.3 Å². The van der Waals surface area contributed by atoms with Gasteiger partial charge in [0.2, 0.25) is 0 Å². The highest BCUT2D eigenvalue weighted by molar-refractivity contribution is 9.11. The Hall–Kier alpha value is -0.910. The lowest BCUT2D eigenvalue weighted by atomic mass is 10.1. The van der Waals surface area contributed by atoms with Crippen LogP contribution in [0.2, 0.25) is 0 Å². The third kappa shape index (κ3) is 3.31. The number of halogens is 2. The first-order chi connectivity index (χ1) is 8.56. The van der Waals surface area contributed by atoms with E-state index < -0.39 is 0 Å². The van der Waals surface area contributed by atoms with Crippen molar-refractivity contribution in [2.24, 2.45) is 0 Å². The second kappa shape index (κ2) is 5.82. The van der Waals surface area contributed by atoms with Crippen LogP contribution in [0.1, 0.15) is 23.4 Å². The van der Waals surface area contributed by atoms with Gasteiger partial charge in [0, 0.05) is 23.0 Å². The Labute approximate surface area is 118 Å². The molecule has 0 saturated heterocycles. The Morgan fingerprint density at radius 3 is 2.83 bits per heavy atom. The van der Waals surface area contributed by atoms with E-state index in [4.69, 9.17) is 0 Å². The Morgan fingerprint density at radius 1 is 1.39 bits per heavy atom. The Balaban J connectivity index is 2.03. The second-order valence-corrected chi connectivity index (χ2v) is 6.56. The van der Waals surface area contributed by atoms with E-state index in [9.17, 15) is 9.50 Å². The molecule has 0 fully saturated rings. The summed E-state index contributed by atoms with van der Waals surface area (Å²) >= 11 is 5.06. The molecule has 2 rings (SSSR count). The Bertz CT molecular complexity index is 544. The van der Waals surface area contributed by atoms with Gasteiger partial charge in [-0.25, -0.2) is 4.39 Å². The van der Waals surface area contributed by atoms with Crippen LogP contribution in [0, 0.1) is 5.82 Å². The van der Waals surface area contributed by atoms with Gasteiger partial charge in [0.15, 0.2) is 0 Å². The molecule has 0 aliphatic rings. The van der Waals surface area contributed by atoms with Crippen molar-refractivity contribution in [2.75, 3.05) is 0 Å². The molecule has 0 bridgehead atoms. The number of benzene rings is 1. The van der Waals surface area contributed by atoms with Gasteiger partial charge in [0.1, 0.15) is 11.6 Å². The van der Waals surface area contributed by atoms with Crippen molar-refractivity contribution in [1.82, 2.24) is 5.32 Å². The summed E-state index contributed by atoms with van der Waals surface area (Å²) in [7, 11) is 0. The van der Waals surface area contributed by atoms with Gasteiger partial charge in [-0.15, -0.1) is 11.3 Å². The van der Waals surface area contributed by atoms with Crippen LogP contribution in [-0.4, -0.2) is 5.11 Å². The molecule has 5 heteroatoms. The highest BCUT2D eigenvalue weighted by Gasteiger charge is 2.11. The molecule has 96 valence electrons. The van der Waals surface area contributed by atoms with E-state index in [0.717, 1.165) is 3.79 Å². The molecule has 2 aromatic rings. The fourth-order valence-corrected chi connectivity index (χ4v) is 3.12. The normalized spacial score (nSPS) is 12.6. The summed E-state index contributed by atoms with van der Waals surface area (Å²) < 4.78 is 14.2. The van der Waals surface area contributed by atoms with Crippen LogP contribution in [0.5, 0.6) is 5.75 Å². The number of thiophene rings is 1. The van der Waals surface area contributed by atoms with E-state index in [-0.39, 0.29) is 17.6 Å². The van der Waals surface area contributed by atoms with Crippen molar-refractivity contribution in [3.8, 4) is 5.75 Å². The summed E-state index contributed by atoms with van der Waals surface area (Å²) in [6, 6.07) is 7.90. The molecule has 2 nitrogen and oxygen atoms in total. The summed E-state index contributed by atoms with van der Waals surface area (Å²) in [5.74, 6) is -0.223. The fraction of sp³-hybridized carbons (Fsp3) is 0.231. The van der Waals surface area contributed by atoms with Crippen LogP contribution in [0.4, 0.5) is 4.39 Å². The number of rotatable bonds is 4. The molecular formula is C13H13BrFNOS. The van der Waals surface area contributed by atoms with E-state index >= 15 is 0 Å². The minimum atomic E-state index is -0.338. The molecule has 1 atom stereocenters. The van der Waals surface area contributed by atoms with Gasteiger partial charge in [-0.1, -0.05) is 0 Å². The predicted molar refractivity (Wildman–Crippen MR) is 75.3 cm³/mol. The predicted octanol–water partition coefficient (Wildman–Crippen LogP) is 4.21. The molecule has 0 spiro atoms. The summed E-state index contributed by atoms with van der Waals surface area (Å²) in [4.78, 5) is 1.18. The minimum Gasteiger partial charge on any atom is -0.508 e. The van der Waals surface area contributed by atoms with E-state index in [1.807, 2.05) is 19.1 Å². The maximum Gasteiger partial charge on any atom is 0.123 e. The van der Waals surface area contributed by atoms with Gasteiger partial charge < -0.3 is 10.4 Å². The lowest BCUT2D eigenvalue weighted by molar-refractivity contribution is 0.449. The van der Waals surface area contributed by atoms with Gasteiger partial charge in [0.25, 0.3) is 0 Å². The molecule has 0 radical (unpaired) electrons. The van der Waals surface area contributed by atoms with Crippen LogP contribution >= 0.6 is 27.3 Å². The molecule has 0 aliphatic heterocycles. The van der Waals surface area contributed by atoms with Gasteiger partial charge in [-0.05, 0) is 53.2 Å². The van der Waals surface area contributed by atoms with Crippen LogP contribution in [0.25, 0.3) is 0 Å². The lowest BCUT2D eigenvalue weighted by Gasteiger charge is -2.15. The highest BCUT2D eigenvalue weighted by atomic mass is 79.9. The molecule has 1 aromatic carbocycles. The van der Waals surface area contributed by atoms with Crippen molar-refractivity contribution in [3.05, 3.63) is 50.4 Å². The first kappa shape index (κ1) is 13.5. The highest BCUT2D eigenvalue weighted by Crippen LogP contribution is 2.26. The quantitative estimate of drug-likeness (QED) is 0.880. The molecule has 18 heavy (non-hydrogen) atoms. The van der Waals surface area contributed by atoms with Gasteiger partial charge >= 0.3 is 0 Å². The molecule has 0 aliphatic carbocycles. The molecule has 1 aromatic heterocycles. The van der Waals surface area contributed by atoms with Crippen molar-refractivity contribution in [2.45, 2.75) is 19.5 Å². The van der Waals surface area contributed by atoms with Crippen molar-refractivity contribution in [1.29, 1.82) is 0 Å². The third-order valence-corrected chi connectivity index (χ3v) is 4.29. The Morgan fingerprint density at radius 2 is 2.17 bits per heavy atom. The zero-order valence-corrected chi connectivity index (χ0v) is 12.2. The number of phenolic OH excluding ortho intramolecular Hbond substituents is 1. The zero-order valence-electron chi connectivity index (χ0n) is 9.78. The summed E-state index contributed by atoms with van der Waals surface area (Å²) in [5.41, 5.74) is 0.575. The largest absolute Gasteiger partial charge is 0.508 e. The molecule has 1 unspecified atom stereocenters. The van der Waals surface area contributed by atoms with Crippen molar-refractivity contribution in [3.63, 3.8) is 0 Å². The summed E-state index contributed by atoms with van der Waals surface area (Å²) in [6.07, 6.45) is 0. The standard InChI is InChI=1S/C13H13BrFNOS/c1-8(11-6-9(15)2-4-12(11)17)16-7-10-3-5-13(14)18-10/h2-6,8,16-17H,7H2,1H3. The number of phenols is 1. The van der Waals surface area contributed by atoms with E-state index in [1.54, 1.807) is 11.3 Å². The number of hydrogen-bond donors (Lipinski definition) is 2. The summed E-state index contributed by atoms with van der Waals surface area (Å²) in [5, 5.41) is 13.0. The van der Waals surface area contributed by atoms with Crippen LogP contribution in [0.3, 0.4) is 0 Å². The first-order valence-corrected chi connectivity index (χ1v) is 7.13. The smallest absolute Gasteiger partial charge is 0.123 e. The average molecular weight is 330 g/mol. The zero-order chi connectivity index (χ0) is 13.1. The van der Waals surface area contributed by atoms with Crippen molar-refractivity contribution >= 4 is 27.3 Å². The van der Waals surface area contributed by atoms with Gasteiger partial charge in [-0.3, -0.25) is 0 Å². The van der Waals surface area contributed by atoms with Gasteiger partial charge in [0.05, 0.1) is 3.79 Å². The fourth-order valence-electron chi connectivity index (χ4n) is 1.68. The Kier molecular flexibility index (Phi) is 4.37. The minimum absolute atomic E-state index is 0.110. The maximum absolute atomic E-state index is 13.1. The molecule has 2 N–H and O–H groups in total. The third-order valence-electron chi connectivity index (χ3n) is 2.67. The molecule has 0 amide bonds. The van der Waals surface area contributed by atoms with Crippen molar-refractivity contribution < 1.29 is 9.50 Å². The van der Waals surface area contributed by atoms with Crippen LogP contribution in [-0.2, 0) is 6.54 Å². The SMILES string of the molecule is CC(NCc1ccc(Br)s1)c1cc(F)ccc1O. The molecule has 0 saturated carbocycles. The van der Waals surface area contributed by atoms with E-state index in [2.05, 4.69) is 21.2 Å². The molecular weight excluding hydrogens is 317 g/mol. The summed E-state index contributed by atoms with van der Waals surface area (Å²) in [6.45, 7) is 2.59. The second-order valence-electron chi connectivity index (χ2n) is 4.01. The maximum atomic E-state index is 13.1. The number of hydrogen-bond acceptors (Lipinski definition) is 3. The lowest BCUT2D eigenvalue weighted by Crippen LogP contribution is -2.17. The average Bonchev–Trinajstić information content (AvgIpc) is 2.75. The molecule has 1 heterocycles. The van der Waals surface area contributed by atoms with E-state index in [1.165, 1.54) is 23.1 Å². The monoisotopic (exact) mass is 329 g/mol. The van der Waals surface area contributed by atoms with Gasteiger partial charge in [-0.2, -0.15) is 0 Å². The van der Waals surface area contributed by atoms with Crippen LogP contribution in [0.15, 0.2) is 34.1 Å². The first-order valence-electron chi connectivity index (χ1n) is 5.52. The van der Waals surface area contributed by atoms with E-state index in [0.29, 0.717) is 12.1 Å². The number of nitrogens with one attached hydrogen (secondary N) is 1. The van der Waals surface area contributed by atoms with Crippen LogP contribution < -0.4 is 5.32 Å². The number of aromatic hydroxyl groups is 1.